The Morgan fingerprint density at radius 1 is 1.07 bits per heavy atom. The average Bonchev–Trinajstić information content (AvgIpc) is 3.19. The van der Waals surface area contributed by atoms with E-state index in [9.17, 15) is 0 Å². The normalized spacial score (nSPS) is 24.9. The van der Waals surface area contributed by atoms with Gasteiger partial charge in [0, 0.05) is 5.54 Å². The van der Waals surface area contributed by atoms with E-state index in [1.165, 1.54) is 32.1 Å². The van der Waals surface area contributed by atoms with Crippen LogP contribution >= 0.6 is 0 Å². The highest BCUT2D eigenvalue weighted by molar-refractivity contribution is 5.33. The van der Waals surface area contributed by atoms with Crippen LogP contribution in [0.5, 0.6) is 0 Å². The van der Waals surface area contributed by atoms with E-state index in [-0.39, 0.29) is 0 Å². The van der Waals surface area contributed by atoms with E-state index >= 15 is 0 Å². The minimum atomic E-state index is 0.492. The van der Waals surface area contributed by atoms with Crippen molar-refractivity contribution < 1.29 is 0 Å². The van der Waals surface area contributed by atoms with Crippen molar-refractivity contribution in [2.75, 3.05) is 7.05 Å². The molecule has 80 valence electrons. The predicted octanol–water partition coefficient (Wildman–Crippen LogP) is 2.86. The molecule has 1 N–H and O–H groups in total. The molecule has 2 aliphatic rings. The molecule has 0 bridgehead atoms. The zero-order valence-electron chi connectivity index (χ0n) is 9.42. The van der Waals surface area contributed by atoms with Gasteiger partial charge in [-0.2, -0.15) is 0 Å². The Bertz CT molecular complexity index is 347. The van der Waals surface area contributed by atoms with E-state index in [0.29, 0.717) is 11.0 Å². The quantitative estimate of drug-likeness (QED) is 0.790. The van der Waals surface area contributed by atoms with Gasteiger partial charge in [-0.15, -0.1) is 0 Å². The first-order valence-corrected chi connectivity index (χ1v) is 6.03. The maximum absolute atomic E-state index is 3.52. The van der Waals surface area contributed by atoms with E-state index in [1.54, 1.807) is 5.56 Å². The minimum Gasteiger partial charge on any atom is -0.314 e. The summed E-state index contributed by atoms with van der Waals surface area (Å²) < 4.78 is 0. The number of nitrogens with one attached hydrogen (secondary N) is 1. The number of benzene rings is 1. The van der Waals surface area contributed by atoms with Crippen molar-refractivity contribution in [3.05, 3.63) is 35.9 Å². The summed E-state index contributed by atoms with van der Waals surface area (Å²) in [5.41, 5.74) is 2.58. The fourth-order valence-electron chi connectivity index (χ4n) is 2.82. The van der Waals surface area contributed by atoms with E-state index in [0.717, 1.165) is 0 Å². The molecule has 0 aromatic heterocycles. The molecule has 2 saturated carbocycles. The standard InChI is InChI=1S/C14H19N/c1-15-14(9-10-14)11-13(7-8-13)12-5-3-2-4-6-12/h2-6,15H,7-11H2,1H3. The van der Waals surface area contributed by atoms with Gasteiger partial charge in [0.2, 0.25) is 0 Å². The first-order valence-electron chi connectivity index (χ1n) is 6.03. The lowest BCUT2D eigenvalue weighted by Gasteiger charge is -2.22. The predicted molar refractivity (Wildman–Crippen MR) is 63.0 cm³/mol. The summed E-state index contributed by atoms with van der Waals surface area (Å²) in [6.45, 7) is 0. The summed E-state index contributed by atoms with van der Waals surface area (Å²) in [6, 6.07) is 11.1. The van der Waals surface area contributed by atoms with Crippen LogP contribution in [0.4, 0.5) is 0 Å². The Kier molecular flexibility index (Phi) is 1.93. The first kappa shape index (κ1) is 9.41. The first-order chi connectivity index (χ1) is 7.29. The molecule has 0 atom stereocenters. The lowest BCUT2D eigenvalue weighted by atomic mass is 9.88. The van der Waals surface area contributed by atoms with Crippen LogP contribution < -0.4 is 5.32 Å². The van der Waals surface area contributed by atoms with Gasteiger partial charge in [0.15, 0.2) is 0 Å². The Hall–Kier alpha value is -0.820. The molecule has 0 spiro atoms. The third-order valence-electron chi connectivity index (χ3n) is 4.30. The van der Waals surface area contributed by atoms with Crippen molar-refractivity contribution >= 4 is 0 Å². The van der Waals surface area contributed by atoms with Crippen molar-refractivity contribution in [1.82, 2.24) is 5.32 Å². The van der Waals surface area contributed by atoms with Crippen LogP contribution in [0.2, 0.25) is 0 Å². The third kappa shape index (κ3) is 1.59. The highest BCUT2D eigenvalue weighted by Crippen LogP contribution is 2.57. The highest BCUT2D eigenvalue weighted by Gasteiger charge is 2.53. The van der Waals surface area contributed by atoms with Crippen molar-refractivity contribution in [1.29, 1.82) is 0 Å². The highest BCUT2D eigenvalue weighted by atomic mass is 15.0. The fourth-order valence-corrected chi connectivity index (χ4v) is 2.82. The van der Waals surface area contributed by atoms with Gasteiger partial charge in [-0.25, -0.2) is 0 Å². The number of rotatable bonds is 4. The van der Waals surface area contributed by atoms with Crippen LogP contribution in [-0.4, -0.2) is 12.6 Å². The van der Waals surface area contributed by atoms with E-state index in [2.05, 4.69) is 42.7 Å². The van der Waals surface area contributed by atoms with Crippen molar-refractivity contribution in [2.45, 2.75) is 43.1 Å². The third-order valence-corrected chi connectivity index (χ3v) is 4.30. The van der Waals surface area contributed by atoms with Gasteiger partial charge < -0.3 is 5.32 Å². The van der Waals surface area contributed by atoms with Gasteiger partial charge in [0.1, 0.15) is 0 Å². The minimum absolute atomic E-state index is 0.492. The molecule has 2 aliphatic carbocycles. The molecular weight excluding hydrogens is 182 g/mol. The summed E-state index contributed by atoms with van der Waals surface area (Å²) in [6.07, 6.45) is 6.87. The smallest absolute Gasteiger partial charge is 0.0188 e. The second kappa shape index (κ2) is 3.08. The molecule has 0 unspecified atom stereocenters. The van der Waals surface area contributed by atoms with E-state index < -0.39 is 0 Å². The van der Waals surface area contributed by atoms with E-state index in [1.807, 2.05) is 0 Å². The number of hydrogen-bond donors (Lipinski definition) is 1. The molecule has 3 rings (SSSR count). The summed E-state index contributed by atoms with van der Waals surface area (Å²) >= 11 is 0. The van der Waals surface area contributed by atoms with Crippen molar-refractivity contribution in [2.24, 2.45) is 0 Å². The molecule has 1 nitrogen and oxygen atoms in total. The van der Waals surface area contributed by atoms with Gasteiger partial charge in [-0.1, -0.05) is 30.3 Å². The second-order valence-corrected chi connectivity index (χ2v) is 5.35. The molecule has 1 aromatic rings. The lowest BCUT2D eigenvalue weighted by molar-refractivity contribution is 0.441. The van der Waals surface area contributed by atoms with Crippen molar-refractivity contribution in [3.8, 4) is 0 Å². The second-order valence-electron chi connectivity index (χ2n) is 5.35. The topological polar surface area (TPSA) is 12.0 Å². The van der Waals surface area contributed by atoms with Crippen LogP contribution in [0.15, 0.2) is 30.3 Å². The molecular formula is C14H19N. The molecule has 2 fully saturated rings. The molecule has 1 aromatic carbocycles. The summed E-state index contributed by atoms with van der Waals surface area (Å²) in [4.78, 5) is 0. The van der Waals surface area contributed by atoms with Crippen LogP contribution in [0, 0.1) is 0 Å². The van der Waals surface area contributed by atoms with Crippen LogP contribution in [-0.2, 0) is 5.41 Å². The van der Waals surface area contributed by atoms with Gasteiger partial charge in [-0.05, 0) is 50.1 Å². The molecule has 1 heteroatoms. The molecule has 15 heavy (non-hydrogen) atoms. The van der Waals surface area contributed by atoms with Crippen LogP contribution in [0.3, 0.4) is 0 Å². The maximum atomic E-state index is 3.52. The van der Waals surface area contributed by atoms with Gasteiger partial charge in [0.25, 0.3) is 0 Å². The van der Waals surface area contributed by atoms with Gasteiger partial charge >= 0.3 is 0 Å². The van der Waals surface area contributed by atoms with Gasteiger partial charge in [0.05, 0.1) is 0 Å². The van der Waals surface area contributed by atoms with Crippen molar-refractivity contribution in [3.63, 3.8) is 0 Å². The summed E-state index contributed by atoms with van der Waals surface area (Å²) in [7, 11) is 2.12. The van der Waals surface area contributed by atoms with Gasteiger partial charge in [-0.3, -0.25) is 0 Å². The number of hydrogen-bond acceptors (Lipinski definition) is 1. The largest absolute Gasteiger partial charge is 0.314 e. The van der Waals surface area contributed by atoms with Crippen LogP contribution in [0.25, 0.3) is 0 Å². The molecule has 0 aliphatic heterocycles. The maximum Gasteiger partial charge on any atom is 0.0188 e. The Labute approximate surface area is 91.9 Å². The fraction of sp³-hybridized carbons (Fsp3) is 0.571. The SMILES string of the molecule is CNC1(CC2(c3ccccc3)CC2)CC1. The zero-order chi connectivity index (χ0) is 10.4. The summed E-state index contributed by atoms with van der Waals surface area (Å²) in [5, 5.41) is 3.52. The Morgan fingerprint density at radius 2 is 1.73 bits per heavy atom. The summed E-state index contributed by atoms with van der Waals surface area (Å²) in [5.74, 6) is 0. The Balaban J connectivity index is 1.80. The monoisotopic (exact) mass is 201 g/mol. The Morgan fingerprint density at radius 3 is 2.20 bits per heavy atom. The van der Waals surface area contributed by atoms with Crippen LogP contribution in [0.1, 0.15) is 37.7 Å². The average molecular weight is 201 g/mol. The van der Waals surface area contributed by atoms with E-state index in [4.69, 9.17) is 0 Å². The molecule has 0 saturated heterocycles. The molecule has 0 amide bonds. The lowest BCUT2D eigenvalue weighted by Crippen LogP contribution is -2.31. The molecule has 0 heterocycles. The molecule has 0 radical (unpaired) electrons. The zero-order valence-corrected chi connectivity index (χ0v) is 9.42.